The van der Waals surface area contributed by atoms with Crippen LogP contribution < -0.4 is 10.1 Å². The van der Waals surface area contributed by atoms with E-state index in [1.165, 1.54) is 0 Å². The number of hydrogen-bond donors (Lipinski definition) is 2. The number of nitrogens with one attached hydrogen (secondary N) is 1. The van der Waals surface area contributed by atoms with Crippen molar-refractivity contribution in [2.24, 2.45) is 0 Å². The Bertz CT molecular complexity index is 398. The summed E-state index contributed by atoms with van der Waals surface area (Å²) in [5.41, 5.74) is 0.701. The first kappa shape index (κ1) is 12.0. The van der Waals surface area contributed by atoms with Crippen LogP contribution in [0.25, 0.3) is 0 Å². The summed E-state index contributed by atoms with van der Waals surface area (Å²) < 4.78 is 5.59. The number of halogens is 2. The Hall–Kier alpha value is -0.480. The van der Waals surface area contributed by atoms with Gasteiger partial charge in [0.2, 0.25) is 0 Å². The molecule has 88 valence electrons. The summed E-state index contributed by atoms with van der Waals surface area (Å²) in [6.07, 6.45) is 0.0197. The van der Waals surface area contributed by atoms with Crippen molar-refractivity contribution in [1.82, 2.24) is 5.32 Å². The van der Waals surface area contributed by atoms with Crippen LogP contribution in [0.1, 0.15) is 18.1 Å². The third-order valence-corrected chi connectivity index (χ3v) is 3.49. The molecule has 0 fully saturated rings. The lowest BCUT2D eigenvalue weighted by Gasteiger charge is -2.14. The van der Waals surface area contributed by atoms with E-state index >= 15 is 0 Å². The maximum absolute atomic E-state index is 10.0. The van der Waals surface area contributed by atoms with Crippen molar-refractivity contribution in [2.75, 3.05) is 13.7 Å². The Morgan fingerprint density at radius 3 is 2.75 bits per heavy atom. The van der Waals surface area contributed by atoms with Crippen LogP contribution in [0, 0.1) is 0 Å². The van der Waals surface area contributed by atoms with E-state index in [2.05, 4.69) is 5.32 Å². The van der Waals surface area contributed by atoms with Gasteiger partial charge in [0, 0.05) is 17.7 Å². The van der Waals surface area contributed by atoms with Gasteiger partial charge in [-0.2, -0.15) is 0 Å². The van der Waals surface area contributed by atoms with Crippen LogP contribution in [-0.4, -0.2) is 24.8 Å². The highest BCUT2D eigenvalue weighted by Gasteiger charge is 2.24. The van der Waals surface area contributed by atoms with Gasteiger partial charge in [0.25, 0.3) is 0 Å². The quantitative estimate of drug-likeness (QED) is 0.816. The fourth-order valence-electron chi connectivity index (χ4n) is 1.79. The molecule has 0 aliphatic carbocycles. The Labute approximate surface area is 104 Å². The number of rotatable bonds is 1. The van der Waals surface area contributed by atoms with Gasteiger partial charge in [-0.05, 0) is 19.5 Å². The van der Waals surface area contributed by atoms with E-state index < -0.39 is 6.10 Å². The number of likely N-dealkylation sites (N-methyl/N-ethyl adjacent to an activating group) is 1. The molecule has 1 aromatic carbocycles. The molecule has 5 heteroatoms. The van der Waals surface area contributed by atoms with Crippen molar-refractivity contribution in [2.45, 2.75) is 18.6 Å². The highest BCUT2D eigenvalue weighted by Crippen LogP contribution is 2.37. The second-order valence-electron chi connectivity index (χ2n) is 3.85. The zero-order valence-corrected chi connectivity index (χ0v) is 10.3. The van der Waals surface area contributed by atoms with Gasteiger partial charge in [-0.15, -0.1) is 0 Å². The van der Waals surface area contributed by atoms with Crippen molar-refractivity contribution >= 4 is 23.2 Å². The van der Waals surface area contributed by atoms with Crippen molar-refractivity contribution in [3.05, 3.63) is 27.7 Å². The zero-order chi connectivity index (χ0) is 11.7. The monoisotopic (exact) mass is 261 g/mol. The van der Waals surface area contributed by atoms with Crippen LogP contribution in [0.3, 0.4) is 0 Å². The minimum Gasteiger partial charge on any atom is -0.492 e. The molecule has 1 aromatic rings. The molecule has 2 rings (SSSR count). The highest BCUT2D eigenvalue weighted by atomic mass is 35.5. The average Bonchev–Trinajstić information content (AvgIpc) is 2.41. The third-order valence-electron chi connectivity index (χ3n) is 2.77. The maximum Gasteiger partial charge on any atom is 0.126 e. The van der Waals surface area contributed by atoms with Crippen LogP contribution in [0.2, 0.25) is 10.0 Å². The first-order valence-corrected chi connectivity index (χ1v) is 5.84. The minimum atomic E-state index is -0.579. The van der Waals surface area contributed by atoms with E-state index in [0.29, 0.717) is 34.4 Å². The summed E-state index contributed by atoms with van der Waals surface area (Å²) in [6, 6.07) is 3.45. The smallest absolute Gasteiger partial charge is 0.126 e. The number of benzene rings is 1. The van der Waals surface area contributed by atoms with Crippen LogP contribution >= 0.6 is 23.2 Å². The first-order chi connectivity index (χ1) is 7.61. The molecule has 0 saturated carbocycles. The zero-order valence-electron chi connectivity index (χ0n) is 8.84. The number of ether oxygens (including phenoxy) is 1. The largest absolute Gasteiger partial charge is 0.492 e. The number of aliphatic hydroxyl groups is 1. The molecule has 2 N–H and O–H groups in total. The number of aliphatic hydroxyl groups excluding tert-OH is 1. The molecule has 0 spiro atoms. The molecule has 3 nitrogen and oxygen atoms in total. The molecular formula is C11H13Cl2NO2. The molecule has 1 aliphatic rings. The topological polar surface area (TPSA) is 41.5 Å². The molecule has 1 aliphatic heterocycles. The second kappa shape index (κ2) is 4.80. The molecule has 2 atom stereocenters. The summed E-state index contributed by atoms with van der Waals surface area (Å²) >= 11 is 11.8. The number of hydrogen-bond acceptors (Lipinski definition) is 3. The lowest BCUT2D eigenvalue weighted by atomic mass is 10.0. The van der Waals surface area contributed by atoms with E-state index in [4.69, 9.17) is 27.9 Å². The predicted octanol–water partition coefficient (Wildman–Crippen LogP) is 2.40. The van der Waals surface area contributed by atoms with Gasteiger partial charge in [-0.3, -0.25) is 0 Å². The Morgan fingerprint density at radius 2 is 2.06 bits per heavy atom. The summed E-state index contributed by atoms with van der Waals surface area (Å²) in [6.45, 7) is 0.512. The van der Waals surface area contributed by atoms with Crippen LogP contribution in [0.15, 0.2) is 12.1 Å². The Kier molecular flexibility index (Phi) is 3.60. The Balaban J connectivity index is 2.37. The lowest BCUT2D eigenvalue weighted by Crippen LogP contribution is -2.31. The van der Waals surface area contributed by atoms with Gasteiger partial charge in [0.15, 0.2) is 0 Å². The lowest BCUT2D eigenvalue weighted by molar-refractivity contribution is 0.153. The van der Waals surface area contributed by atoms with E-state index in [1.54, 1.807) is 12.1 Å². The van der Waals surface area contributed by atoms with Crippen LogP contribution in [0.4, 0.5) is 0 Å². The molecule has 0 saturated heterocycles. The van der Waals surface area contributed by atoms with Gasteiger partial charge in [0.05, 0.1) is 16.1 Å². The van der Waals surface area contributed by atoms with E-state index in [-0.39, 0.29) is 6.04 Å². The highest BCUT2D eigenvalue weighted by molar-refractivity contribution is 6.42. The molecule has 0 aromatic heterocycles. The summed E-state index contributed by atoms with van der Waals surface area (Å²) in [5, 5.41) is 14.0. The summed E-state index contributed by atoms with van der Waals surface area (Å²) in [5.74, 6) is 0.611. The van der Waals surface area contributed by atoms with Crippen molar-refractivity contribution < 1.29 is 9.84 Å². The third kappa shape index (κ3) is 2.28. The SMILES string of the molecule is CN[C@@H]1COc2cc(Cl)c(Cl)cc2[C@H](O)C1. The molecule has 1 heterocycles. The fourth-order valence-corrected chi connectivity index (χ4v) is 2.11. The predicted molar refractivity (Wildman–Crippen MR) is 64.4 cm³/mol. The molecule has 0 amide bonds. The molecule has 0 unspecified atom stereocenters. The summed E-state index contributed by atoms with van der Waals surface area (Å²) in [7, 11) is 1.84. The molecule has 16 heavy (non-hydrogen) atoms. The van der Waals surface area contributed by atoms with E-state index in [1.807, 2.05) is 7.05 Å². The van der Waals surface area contributed by atoms with Crippen molar-refractivity contribution in [1.29, 1.82) is 0 Å². The fraction of sp³-hybridized carbons (Fsp3) is 0.455. The maximum atomic E-state index is 10.0. The van der Waals surface area contributed by atoms with E-state index in [0.717, 1.165) is 0 Å². The normalized spacial score (nSPS) is 24.5. The van der Waals surface area contributed by atoms with Crippen LogP contribution in [-0.2, 0) is 0 Å². The van der Waals surface area contributed by atoms with E-state index in [9.17, 15) is 5.11 Å². The minimum absolute atomic E-state index is 0.125. The van der Waals surface area contributed by atoms with Crippen molar-refractivity contribution in [3.63, 3.8) is 0 Å². The molecule has 0 radical (unpaired) electrons. The molecule has 0 bridgehead atoms. The second-order valence-corrected chi connectivity index (χ2v) is 4.67. The van der Waals surface area contributed by atoms with Gasteiger partial charge in [-0.1, -0.05) is 23.2 Å². The standard InChI is InChI=1S/C11H13Cl2NO2/c1-14-6-2-10(15)7-3-8(12)9(13)4-11(7)16-5-6/h3-4,6,10,14-15H,2,5H2,1H3/t6-,10+/m0/s1. The first-order valence-electron chi connectivity index (χ1n) is 5.09. The molecular weight excluding hydrogens is 249 g/mol. The van der Waals surface area contributed by atoms with Crippen molar-refractivity contribution in [3.8, 4) is 5.75 Å². The average molecular weight is 262 g/mol. The Morgan fingerprint density at radius 1 is 1.38 bits per heavy atom. The number of fused-ring (bicyclic) bond motifs is 1. The summed E-state index contributed by atoms with van der Waals surface area (Å²) in [4.78, 5) is 0. The van der Waals surface area contributed by atoms with Gasteiger partial charge < -0.3 is 15.2 Å². The van der Waals surface area contributed by atoms with Gasteiger partial charge in [-0.25, -0.2) is 0 Å². The van der Waals surface area contributed by atoms with Gasteiger partial charge >= 0.3 is 0 Å². The van der Waals surface area contributed by atoms with Gasteiger partial charge in [0.1, 0.15) is 12.4 Å². The van der Waals surface area contributed by atoms with Crippen LogP contribution in [0.5, 0.6) is 5.75 Å².